The molecule has 0 aromatic heterocycles. The predicted octanol–water partition coefficient (Wildman–Crippen LogP) is 2.24. The lowest BCUT2D eigenvalue weighted by molar-refractivity contribution is -0.127. The van der Waals surface area contributed by atoms with Gasteiger partial charge in [-0.3, -0.25) is 9.59 Å². The molecule has 2 aromatic carbocycles. The average molecular weight is 394 g/mol. The molecule has 1 atom stereocenters. The van der Waals surface area contributed by atoms with Crippen LogP contribution >= 0.6 is 0 Å². The third kappa shape index (κ3) is 5.41. The Morgan fingerprint density at radius 1 is 1.24 bits per heavy atom. The molecule has 2 aromatic rings. The first-order chi connectivity index (χ1) is 14.1. The van der Waals surface area contributed by atoms with Crippen LogP contribution in [0.1, 0.15) is 24.5 Å². The number of benzene rings is 2. The maximum atomic E-state index is 12.0. The average Bonchev–Trinajstić information content (AvgIpc) is 3.05. The van der Waals surface area contributed by atoms with E-state index in [0.29, 0.717) is 23.8 Å². The number of hydrazone groups is 2. The van der Waals surface area contributed by atoms with Crippen molar-refractivity contribution < 1.29 is 19.1 Å². The van der Waals surface area contributed by atoms with E-state index in [1.54, 1.807) is 32.2 Å². The molecule has 0 fully saturated rings. The van der Waals surface area contributed by atoms with Crippen molar-refractivity contribution in [3.63, 3.8) is 0 Å². The lowest BCUT2D eigenvalue weighted by atomic mass is 10.0. The van der Waals surface area contributed by atoms with Gasteiger partial charge in [0.25, 0.3) is 0 Å². The molecule has 1 aliphatic heterocycles. The van der Waals surface area contributed by atoms with E-state index >= 15 is 0 Å². The van der Waals surface area contributed by atoms with Crippen LogP contribution in [0.25, 0.3) is 0 Å². The molecule has 0 aliphatic carbocycles. The van der Waals surface area contributed by atoms with Gasteiger partial charge in [-0.1, -0.05) is 30.3 Å². The number of carbonyl (C=O) groups excluding carboxylic acids is 2. The smallest absolute Gasteiger partial charge is 0.249 e. The minimum atomic E-state index is -0.552. The molecule has 0 saturated carbocycles. The van der Waals surface area contributed by atoms with Gasteiger partial charge in [0.1, 0.15) is 6.61 Å². The highest BCUT2D eigenvalue weighted by molar-refractivity contribution is 6.09. The van der Waals surface area contributed by atoms with E-state index in [-0.39, 0.29) is 18.2 Å². The van der Waals surface area contributed by atoms with Crippen molar-refractivity contribution >= 4 is 23.7 Å². The molecule has 2 N–H and O–H groups in total. The number of amides is 2. The van der Waals surface area contributed by atoms with Gasteiger partial charge in [-0.15, -0.1) is 0 Å². The van der Waals surface area contributed by atoms with Crippen LogP contribution in [0.2, 0.25) is 0 Å². The van der Waals surface area contributed by atoms with E-state index in [2.05, 4.69) is 21.1 Å². The summed E-state index contributed by atoms with van der Waals surface area (Å²) in [5.74, 6) is -0.0294. The SMILES string of the molecule is COc1ccc(/C=N\NC(=O)C[C@@H]2C(=O)NN=C2C)cc1OCc1ccccc1. The maximum Gasteiger partial charge on any atom is 0.249 e. The van der Waals surface area contributed by atoms with Crippen LogP contribution in [0, 0.1) is 5.92 Å². The predicted molar refractivity (Wildman–Crippen MR) is 109 cm³/mol. The van der Waals surface area contributed by atoms with Crippen LogP contribution in [0.3, 0.4) is 0 Å². The quantitative estimate of drug-likeness (QED) is 0.530. The first-order valence-corrected chi connectivity index (χ1v) is 9.07. The fraction of sp³-hybridized carbons (Fsp3) is 0.238. The summed E-state index contributed by atoms with van der Waals surface area (Å²) in [6, 6.07) is 15.1. The molecule has 0 spiro atoms. The van der Waals surface area contributed by atoms with Crippen molar-refractivity contribution in [2.75, 3.05) is 7.11 Å². The van der Waals surface area contributed by atoms with Gasteiger partial charge in [0.05, 0.1) is 19.2 Å². The summed E-state index contributed by atoms with van der Waals surface area (Å²) >= 11 is 0. The van der Waals surface area contributed by atoms with Gasteiger partial charge in [-0.05, 0) is 36.2 Å². The minimum absolute atomic E-state index is 0.00738. The number of rotatable bonds is 8. The van der Waals surface area contributed by atoms with Crippen LogP contribution in [0.15, 0.2) is 58.7 Å². The van der Waals surface area contributed by atoms with Crippen LogP contribution < -0.4 is 20.3 Å². The third-order valence-corrected chi connectivity index (χ3v) is 4.38. The molecule has 1 heterocycles. The van der Waals surface area contributed by atoms with E-state index < -0.39 is 5.92 Å². The van der Waals surface area contributed by atoms with Crippen molar-refractivity contribution in [2.45, 2.75) is 20.0 Å². The first-order valence-electron chi connectivity index (χ1n) is 9.07. The van der Waals surface area contributed by atoms with Crippen molar-refractivity contribution in [1.82, 2.24) is 10.9 Å². The lowest BCUT2D eigenvalue weighted by Crippen LogP contribution is -2.29. The summed E-state index contributed by atoms with van der Waals surface area (Å²) < 4.78 is 11.2. The summed E-state index contributed by atoms with van der Waals surface area (Å²) in [6.07, 6.45) is 1.49. The molecule has 8 nitrogen and oxygen atoms in total. The van der Waals surface area contributed by atoms with Crippen molar-refractivity contribution in [2.24, 2.45) is 16.1 Å². The van der Waals surface area contributed by atoms with Crippen molar-refractivity contribution in [1.29, 1.82) is 0 Å². The van der Waals surface area contributed by atoms with Gasteiger partial charge < -0.3 is 9.47 Å². The van der Waals surface area contributed by atoms with Crippen LogP contribution in [-0.2, 0) is 16.2 Å². The zero-order chi connectivity index (χ0) is 20.6. The molecule has 0 bridgehead atoms. The van der Waals surface area contributed by atoms with Crippen LogP contribution in [0.5, 0.6) is 11.5 Å². The number of hydrogen-bond donors (Lipinski definition) is 2. The highest BCUT2D eigenvalue weighted by Gasteiger charge is 2.28. The van der Waals surface area contributed by atoms with E-state index in [1.165, 1.54) is 6.21 Å². The molecular weight excluding hydrogens is 372 g/mol. The molecule has 150 valence electrons. The van der Waals surface area contributed by atoms with Crippen LogP contribution in [-0.4, -0.2) is 30.9 Å². The van der Waals surface area contributed by atoms with E-state index in [1.807, 2.05) is 30.3 Å². The van der Waals surface area contributed by atoms with Crippen molar-refractivity contribution in [3.8, 4) is 11.5 Å². The third-order valence-electron chi connectivity index (χ3n) is 4.38. The van der Waals surface area contributed by atoms with E-state index in [0.717, 1.165) is 11.1 Å². The fourth-order valence-electron chi connectivity index (χ4n) is 2.76. The Morgan fingerprint density at radius 2 is 2.03 bits per heavy atom. The fourth-order valence-corrected chi connectivity index (χ4v) is 2.76. The molecule has 29 heavy (non-hydrogen) atoms. The number of hydrogen-bond acceptors (Lipinski definition) is 6. The summed E-state index contributed by atoms with van der Waals surface area (Å²) in [7, 11) is 1.57. The second kappa shape index (κ2) is 9.50. The Labute approximate surface area is 168 Å². The highest BCUT2D eigenvalue weighted by Crippen LogP contribution is 2.28. The number of nitrogens with zero attached hydrogens (tertiary/aromatic N) is 2. The van der Waals surface area contributed by atoms with Gasteiger partial charge in [0, 0.05) is 12.1 Å². The van der Waals surface area contributed by atoms with Gasteiger partial charge in [0.15, 0.2) is 11.5 Å². The Morgan fingerprint density at radius 3 is 2.72 bits per heavy atom. The summed E-state index contributed by atoms with van der Waals surface area (Å²) in [5.41, 5.74) is 7.13. The second-order valence-corrected chi connectivity index (χ2v) is 6.46. The molecule has 0 radical (unpaired) electrons. The number of ether oxygens (including phenoxy) is 2. The monoisotopic (exact) mass is 394 g/mol. The number of methoxy groups -OCH3 is 1. The van der Waals surface area contributed by atoms with Gasteiger partial charge in [0.2, 0.25) is 11.8 Å². The molecule has 2 amide bonds. The molecule has 8 heteroatoms. The van der Waals surface area contributed by atoms with Crippen molar-refractivity contribution in [3.05, 3.63) is 59.7 Å². The Kier molecular flexibility index (Phi) is 6.57. The maximum absolute atomic E-state index is 12.0. The zero-order valence-electron chi connectivity index (χ0n) is 16.2. The lowest BCUT2D eigenvalue weighted by Gasteiger charge is -2.11. The van der Waals surface area contributed by atoms with Gasteiger partial charge in [-0.25, -0.2) is 10.9 Å². The van der Waals surface area contributed by atoms with Gasteiger partial charge >= 0.3 is 0 Å². The first kappa shape index (κ1) is 20.1. The largest absolute Gasteiger partial charge is 0.493 e. The zero-order valence-corrected chi connectivity index (χ0v) is 16.2. The standard InChI is InChI=1S/C21H22N4O4/c1-14-17(21(27)25-23-14)11-20(26)24-22-12-16-8-9-18(28-2)19(10-16)29-13-15-6-4-3-5-7-15/h3-10,12,17H,11,13H2,1-2H3,(H,24,26)(H,25,27)/b22-12-/t17-/m0/s1. The molecule has 3 rings (SSSR count). The Hall–Kier alpha value is -3.68. The molecule has 0 saturated heterocycles. The summed E-state index contributed by atoms with van der Waals surface area (Å²) in [4.78, 5) is 23.6. The second-order valence-electron chi connectivity index (χ2n) is 6.46. The van der Waals surface area contributed by atoms with E-state index in [4.69, 9.17) is 9.47 Å². The topological polar surface area (TPSA) is 101 Å². The summed E-state index contributed by atoms with van der Waals surface area (Å²) in [5, 5.41) is 7.77. The molecule has 1 aliphatic rings. The van der Waals surface area contributed by atoms with E-state index in [9.17, 15) is 9.59 Å². The number of nitrogens with one attached hydrogen (secondary N) is 2. The Bertz CT molecular complexity index is 941. The molecular formula is C21H22N4O4. The highest BCUT2D eigenvalue weighted by atomic mass is 16.5. The van der Waals surface area contributed by atoms with Crippen LogP contribution in [0.4, 0.5) is 0 Å². The molecule has 0 unspecified atom stereocenters. The Balaban J connectivity index is 1.59. The normalized spacial score (nSPS) is 15.7. The summed E-state index contributed by atoms with van der Waals surface area (Å²) in [6.45, 7) is 2.10. The minimum Gasteiger partial charge on any atom is -0.493 e. The number of carbonyl (C=O) groups is 2. The van der Waals surface area contributed by atoms with Gasteiger partial charge in [-0.2, -0.15) is 10.2 Å².